The molecule has 0 aromatic heterocycles. The van der Waals surface area contributed by atoms with Gasteiger partial charge < -0.3 is 10.8 Å². The molecular formula is C3H7NO2. The molecule has 0 rings (SSSR count). The molecule has 0 aliphatic rings. The first-order chi connectivity index (χ1) is 3.50. The lowest BCUT2D eigenvalue weighted by molar-refractivity contribution is -0.138. The third-order valence-corrected chi connectivity index (χ3v) is 0.275. The molecule has 0 aliphatic heterocycles. The Morgan fingerprint density at radius 2 is 3.00 bits per heavy atom. The van der Waals surface area contributed by atoms with E-state index in [0.717, 1.165) is 0 Å². The van der Waals surface area contributed by atoms with Gasteiger partial charge in [0.2, 0.25) is 0 Å². The zero-order chi connectivity index (χ0) is 6.78. The van der Waals surface area contributed by atoms with Crippen LogP contribution in [0.15, 0.2) is 0 Å². The van der Waals surface area contributed by atoms with Crippen LogP contribution in [0.1, 0.15) is 9.64 Å². The minimum Gasteiger partial charge on any atom is -0.480 e. The lowest BCUT2D eigenvalue weighted by Crippen LogP contribution is -2.25. The maximum atomic E-state index is 9.82. The van der Waals surface area contributed by atoms with Crippen molar-refractivity contribution in [3.63, 3.8) is 0 Å². The van der Waals surface area contributed by atoms with Gasteiger partial charge in [-0.05, 0) is 6.90 Å². The van der Waals surface area contributed by atoms with Gasteiger partial charge >= 0.3 is 5.97 Å². The molecule has 0 heterocycles. The Balaban J connectivity index is 3.91. The van der Waals surface area contributed by atoms with E-state index < -0.39 is 18.9 Å². The van der Waals surface area contributed by atoms with Crippen LogP contribution in [-0.2, 0) is 4.79 Å². The third kappa shape index (κ3) is 1.72. The Labute approximate surface area is 38.6 Å². The molecule has 1 atom stereocenters. The van der Waals surface area contributed by atoms with E-state index in [1.807, 2.05) is 0 Å². The maximum Gasteiger partial charge on any atom is 0.320 e. The van der Waals surface area contributed by atoms with Gasteiger partial charge in [-0.2, -0.15) is 0 Å². The molecule has 0 amide bonds. The predicted molar refractivity (Wildman–Crippen MR) is 21.3 cm³/mol. The second-order valence-electron chi connectivity index (χ2n) is 0.830. The maximum absolute atomic E-state index is 9.82. The highest BCUT2D eigenvalue weighted by molar-refractivity contribution is 5.72. The van der Waals surface area contributed by atoms with Gasteiger partial charge in [-0.1, -0.05) is 0 Å². The molecule has 0 aromatic carbocycles. The van der Waals surface area contributed by atoms with Crippen molar-refractivity contribution in [1.29, 1.82) is 0 Å². The number of rotatable bonds is 1. The molecule has 0 saturated heterocycles. The highest BCUT2D eigenvalue weighted by Crippen LogP contribution is 1.68. The normalized spacial score (nSPS) is 23.5. The van der Waals surface area contributed by atoms with Crippen molar-refractivity contribution in [2.45, 2.75) is 12.9 Å². The Bertz CT molecular complexity index is 103. The van der Waals surface area contributed by atoms with Crippen LogP contribution in [0.2, 0.25) is 0 Å². The summed E-state index contributed by atoms with van der Waals surface area (Å²) >= 11 is 0. The Morgan fingerprint density at radius 3 is 3.00 bits per heavy atom. The molecule has 0 radical (unpaired) electrons. The third-order valence-electron chi connectivity index (χ3n) is 0.275. The van der Waals surface area contributed by atoms with Crippen LogP contribution in [0.3, 0.4) is 0 Å². The van der Waals surface area contributed by atoms with Crippen LogP contribution in [0.4, 0.5) is 0 Å². The molecule has 0 aliphatic carbocycles. The quantitative estimate of drug-likeness (QED) is 0.453. The molecule has 3 N–H and O–H groups in total. The minimum atomic E-state index is -2.12. The average Bonchev–Trinajstić information content (AvgIpc) is 1.67. The number of carbonyl (C=O) groups is 1. The number of hydrogen-bond donors (Lipinski definition) is 2. The Hall–Kier alpha value is -0.570. The molecule has 0 fully saturated rings. The second kappa shape index (κ2) is 1.77. The molecule has 3 heteroatoms. The van der Waals surface area contributed by atoms with Crippen LogP contribution in [-0.4, -0.2) is 17.1 Å². The number of carboxylic acid groups (broad SMARTS) is 1. The van der Waals surface area contributed by atoms with E-state index in [0.29, 0.717) is 0 Å². The van der Waals surface area contributed by atoms with Crippen molar-refractivity contribution in [2.75, 3.05) is 0 Å². The zero-order valence-electron chi connectivity index (χ0n) is 5.14. The van der Waals surface area contributed by atoms with Crippen molar-refractivity contribution >= 4 is 5.97 Å². The molecule has 0 saturated carbocycles. The summed E-state index contributed by atoms with van der Waals surface area (Å²) in [6.07, 6.45) is 0. The van der Waals surface area contributed by atoms with Crippen molar-refractivity contribution < 1.29 is 12.6 Å². The number of aliphatic carboxylic acids is 1. The van der Waals surface area contributed by atoms with E-state index in [2.05, 4.69) is 0 Å². The molecule has 6 heavy (non-hydrogen) atoms. The van der Waals surface area contributed by atoms with Gasteiger partial charge in [0.15, 0.2) is 0 Å². The fourth-order valence-electron chi connectivity index (χ4n) is 0. The summed E-state index contributed by atoms with van der Waals surface area (Å²) < 4.78 is 13.1. The topological polar surface area (TPSA) is 63.3 Å². The molecular weight excluding hydrogens is 82.0 g/mol. The van der Waals surface area contributed by atoms with E-state index in [1.54, 1.807) is 0 Å². The van der Waals surface area contributed by atoms with Gasteiger partial charge in [-0.3, -0.25) is 4.79 Å². The fourth-order valence-corrected chi connectivity index (χ4v) is 0. The lowest BCUT2D eigenvalue weighted by atomic mass is 10.4. The second-order valence-corrected chi connectivity index (χ2v) is 0.830. The van der Waals surface area contributed by atoms with Crippen molar-refractivity contribution in [1.82, 2.24) is 0 Å². The Morgan fingerprint density at radius 1 is 2.50 bits per heavy atom. The summed E-state index contributed by atoms with van der Waals surface area (Å²) in [5.74, 6) is -1.47. The highest BCUT2D eigenvalue weighted by atomic mass is 16.4. The minimum absolute atomic E-state index is 0.623. The SMILES string of the molecule is [2H]C[C@]([2H])(N)C(=O)O. The van der Waals surface area contributed by atoms with Crippen LogP contribution in [0.5, 0.6) is 0 Å². The summed E-state index contributed by atoms with van der Waals surface area (Å²) in [6, 6.07) is -2.12. The van der Waals surface area contributed by atoms with Crippen LogP contribution in [0.25, 0.3) is 0 Å². The van der Waals surface area contributed by atoms with Gasteiger partial charge in [0.25, 0.3) is 0 Å². The van der Waals surface area contributed by atoms with Crippen LogP contribution >= 0.6 is 0 Å². The molecule has 36 valence electrons. The molecule has 0 bridgehead atoms. The van der Waals surface area contributed by atoms with Crippen molar-refractivity contribution in [2.24, 2.45) is 5.73 Å². The number of nitrogens with two attached hydrogens (primary N) is 1. The van der Waals surface area contributed by atoms with Gasteiger partial charge in [0.05, 0.1) is 1.37 Å². The van der Waals surface area contributed by atoms with Crippen molar-refractivity contribution in [3.8, 4) is 0 Å². The standard InChI is InChI=1S/C3H7NO2/c1-2(4)3(5)6/h2H,4H2,1H3,(H,5,6)/t2-/m0/s1/i1D,2D. The zero-order valence-corrected chi connectivity index (χ0v) is 3.14. The van der Waals surface area contributed by atoms with E-state index in [4.69, 9.17) is 13.6 Å². The average molecular weight is 91.1 g/mol. The van der Waals surface area contributed by atoms with E-state index in [9.17, 15) is 4.79 Å². The highest BCUT2D eigenvalue weighted by Gasteiger charge is 1.99. The van der Waals surface area contributed by atoms with Gasteiger partial charge in [-0.15, -0.1) is 0 Å². The monoisotopic (exact) mass is 91.1 g/mol. The van der Waals surface area contributed by atoms with Gasteiger partial charge in [0, 0.05) is 1.37 Å². The van der Waals surface area contributed by atoms with Crippen LogP contribution in [0, 0.1) is 0 Å². The first-order valence-corrected chi connectivity index (χ1v) is 1.32. The Kier molecular flexibility index (Phi) is 0.759. The summed E-state index contributed by atoms with van der Waals surface area (Å²) in [5, 5.41) is 8.01. The smallest absolute Gasteiger partial charge is 0.320 e. The summed E-state index contributed by atoms with van der Waals surface area (Å²) in [7, 11) is 0. The summed E-state index contributed by atoms with van der Waals surface area (Å²) in [4.78, 5) is 9.82. The molecule has 0 spiro atoms. The lowest BCUT2D eigenvalue weighted by Gasteiger charge is -1.90. The molecule has 3 nitrogen and oxygen atoms in total. The van der Waals surface area contributed by atoms with Gasteiger partial charge in [-0.25, -0.2) is 0 Å². The number of carboxylic acids is 1. The first-order valence-electron chi connectivity index (χ1n) is 2.53. The predicted octanol–water partition coefficient (Wildman–Crippen LogP) is -0.582. The first kappa shape index (κ1) is 2.58. The fraction of sp³-hybridized carbons (Fsp3) is 0.667. The summed E-state index contributed by atoms with van der Waals surface area (Å²) in [5.41, 5.74) is 4.74. The molecule has 0 unspecified atom stereocenters. The summed E-state index contributed by atoms with van der Waals surface area (Å²) in [6.45, 7) is -0.623. The van der Waals surface area contributed by atoms with E-state index in [1.165, 1.54) is 0 Å². The molecule has 0 aromatic rings. The number of hydrogen-bond acceptors (Lipinski definition) is 2. The van der Waals surface area contributed by atoms with Gasteiger partial charge in [0.1, 0.15) is 6.02 Å². The van der Waals surface area contributed by atoms with E-state index >= 15 is 0 Å². The van der Waals surface area contributed by atoms with Crippen molar-refractivity contribution in [3.05, 3.63) is 0 Å². The van der Waals surface area contributed by atoms with Crippen LogP contribution < -0.4 is 5.73 Å². The van der Waals surface area contributed by atoms with E-state index in [-0.39, 0.29) is 0 Å². The largest absolute Gasteiger partial charge is 0.480 e.